The number of rotatable bonds is 5. The highest BCUT2D eigenvalue weighted by Crippen LogP contribution is 2.22. The average Bonchev–Trinajstić information content (AvgIpc) is 2.91. The van der Waals surface area contributed by atoms with Gasteiger partial charge < -0.3 is 5.32 Å². The molecule has 0 fully saturated rings. The summed E-state index contributed by atoms with van der Waals surface area (Å²) < 4.78 is 27.3. The molecule has 0 radical (unpaired) electrons. The minimum Gasteiger partial charge on any atom is -0.351 e. The minimum absolute atomic E-state index is 0.119. The Bertz CT molecular complexity index is 677. The zero-order valence-corrected chi connectivity index (χ0v) is 11.3. The van der Waals surface area contributed by atoms with Crippen molar-refractivity contribution in [3.05, 3.63) is 56.0 Å². The van der Waals surface area contributed by atoms with Gasteiger partial charge in [-0.1, -0.05) is 0 Å². The SMILES string of the molecule is O=C(NCCc1nccs1)c1c(F)ccc([N+](=O)[O-])c1F. The summed E-state index contributed by atoms with van der Waals surface area (Å²) in [6, 6.07) is 1.37. The monoisotopic (exact) mass is 313 g/mol. The van der Waals surface area contributed by atoms with E-state index in [9.17, 15) is 23.7 Å². The summed E-state index contributed by atoms with van der Waals surface area (Å²) in [5, 5.41) is 15.4. The number of thiazole rings is 1. The molecular weight excluding hydrogens is 304 g/mol. The Morgan fingerprint density at radius 2 is 2.19 bits per heavy atom. The summed E-state index contributed by atoms with van der Waals surface area (Å²) in [7, 11) is 0. The first-order valence-electron chi connectivity index (χ1n) is 5.79. The second-order valence-corrected chi connectivity index (χ2v) is 4.92. The summed E-state index contributed by atoms with van der Waals surface area (Å²) in [5.41, 5.74) is -1.90. The number of benzene rings is 1. The molecule has 21 heavy (non-hydrogen) atoms. The summed E-state index contributed by atoms with van der Waals surface area (Å²) >= 11 is 1.38. The van der Waals surface area contributed by atoms with Gasteiger partial charge in [-0.05, 0) is 6.07 Å². The fourth-order valence-electron chi connectivity index (χ4n) is 1.64. The molecule has 2 rings (SSSR count). The van der Waals surface area contributed by atoms with Gasteiger partial charge in [0.05, 0.1) is 9.93 Å². The highest BCUT2D eigenvalue weighted by atomic mass is 32.1. The number of nitro benzene ring substituents is 1. The van der Waals surface area contributed by atoms with Crippen LogP contribution in [0.5, 0.6) is 0 Å². The van der Waals surface area contributed by atoms with Gasteiger partial charge in [0.2, 0.25) is 5.82 Å². The van der Waals surface area contributed by atoms with E-state index in [1.54, 1.807) is 11.6 Å². The number of nitrogens with one attached hydrogen (secondary N) is 1. The lowest BCUT2D eigenvalue weighted by atomic mass is 10.1. The molecule has 9 heteroatoms. The molecule has 1 aromatic carbocycles. The Labute approximate surface area is 121 Å². The molecule has 0 aliphatic carbocycles. The van der Waals surface area contributed by atoms with E-state index < -0.39 is 33.7 Å². The Balaban J connectivity index is 2.11. The van der Waals surface area contributed by atoms with E-state index in [-0.39, 0.29) is 6.54 Å². The Hall–Kier alpha value is -2.42. The van der Waals surface area contributed by atoms with Crippen molar-refractivity contribution < 1.29 is 18.5 Å². The largest absolute Gasteiger partial charge is 0.351 e. The third-order valence-corrected chi connectivity index (χ3v) is 3.44. The van der Waals surface area contributed by atoms with Gasteiger partial charge in [-0.3, -0.25) is 14.9 Å². The zero-order valence-electron chi connectivity index (χ0n) is 10.5. The number of halogens is 2. The third kappa shape index (κ3) is 3.37. The maximum absolute atomic E-state index is 13.8. The fraction of sp³-hybridized carbons (Fsp3) is 0.167. The van der Waals surface area contributed by atoms with Crippen LogP contribution in [0.4, 0.5) is 14.5 Å². The molecule has 0 aliphatic rings. The number of hydrogen-bond acceptors (Lipinski definition) is 5. The van der Waals surface area contributed by atoms with Gasteiger partial charge in [0, 0.05) is 30.6 Å². The van der Waals surface area contributed by atoms with Crippen LogP contribution in [0.25, 0.3) is 0 Å². The maximum Gasteiger partial charge on any atom is 0.305 e. The molecule has 1 amide bonds. The summed E-state index contributed by atoms with van der Waals surface area (Å²) in [6.07, 6.45) is 2.00. The van der Waals surface area contributed by atoms with Gasteiger partial charge in [0.1, 0.15) is 11.4 Å². The fourth-order valence-corrected chi connectivity index (χ4v) is 2.26. The lowest BCUT2D eigenvalue weighted by Crippen LogP contribution is -2.27. The van der Waals surface area contributed by atoms with Crippen molar-refractivity contribution in [1.82, 2.24) is 10.3 Å². The van der Waals surface area contributed by atoms with E-state index >= 15 is 0 Å². The first kappa shape index (κ1) is 15.0. The molecule has 110 valence electrons. The molecule has 0 saturated carbocycles. The molecule has 0 spiro atoms. The average molecular weight is 313 g/mol. The van der Waals surface area contributed by atoms with Crippen LogP contribution in [0.2, 0.25) is 0 Å². The smallest absolute Gasteiger partial charge is 0.305 e. The van der Waals surface area contributed by atoms with Gasteiger partial charge >= 0.3 is 5.69 Å². The van der Waals surface area contributed by atoms with E-state index in [0.717, 1.165) is 5.01 Å². The zero-order chi connectivity index (χ0) is 15.4. The van der Waals surface area contributed by atoms with Crippen molar-refractivity contribution in [3.63, 3.8) is 0 Å². The van der Waals surface area contributed by atoms with Gasteiger partial charge in [0.25, 0.3) is 5.91 Å². The lowest BCUT2D eigenvalue weighted by Gasteiger charge is -2.06. The van der Waals surface area contributed by atoms with Crippen LogP contribution in [0.3, 0.4) is 0 Å². The van der Waals surface area contributed by atoms with E-state index in [1.165, 1.54) is 11.3 Å². The minimum atomic E-state index is -1.48. The van der Waals surface area contributed by atoms with Gasteiger partial charge in [-0.25, -0.2) is 9.37 Å². The van der Waals surface area contributed by atoms with Crippen molar-refractivity contribution in [3.8, 4) is 0 Å². The number of carbonyl (C=O) groups is 1. The third-order valence-electron chi connectivity index (χ3n) is 2.60. The first-order valence-corrected chi connectivity index (χ1v) is 6.67. The molecule has 1 N–H and O–H groups in total. The standard InChI is InChI=1S/C12H9F2N3O3S/c13-7-1-2-8(17(19)20)11(14)10(7)12(18)16-4-3-9-15-5-6-21-9/h1-2,5-6H,3-4H2,(H,16,18). The number of nitrogens with zero attached hydrogens (tertiary/aromatic N) is 2. The van der Waals surface area contributed by atoms with Crippen molar-refractivity contribution in [2.24, 2.45) is 0 Å². The first-order chi connectivity index (χ1) is 10.0. The summed E-state index contributed by atoms with van der Waals surface area (Å²) in [4.78, 5) is 25.3. The topological polar surface area (TPSA) is 85.1 Å². The van der Waals surface area contributed by atoms with Crippen molar-refractivity contribution in [2.45, 2.75) is 6.42 Å². The molecule has 1 heterocycles. The van der Waals surface area contributed by atoms with Crippen LogP contribution in [0, 0.1) is 21.7 Å². The van der Waals surface area contributed by atoms with E-state index in [1.807, 2.05) is 0 Å². The second kappa shape index (κ2) is 6.35. The number of hydrogen-bond donors (Lipinski definition) is 1. The predicted octanol–water partition coefficient (Wildman–Crippen LogP) is 2.30. The van der Waals surface area contributed by atoms with Crippen LogP contribution in [0.1, 0.15) is 15.4 Å². The highest BCUT2D eigenvalue weighted by Gasteiger charge is 2.25. The predicted molar refractivity (Wildman–Crippen MR) is 71.2 cm³/mol. The van der Waals surface area contributed by atoms with Crippen molar-refractivity contribution in [2.75, 3.05) is 6.54 Å². The number of amides is 1. The number of carbonyl (C=O) groups excluding carboxylic acids is 1. The quantitative estimate of drug-likeness (QED) is 0.678. The van der Waals surface area contributed by atoms with Crippen LogP contribution in [-0.2, 0) is 6.42 Å². The molecule has 0 bridgehead atoms. The normalized spacial score (nSPS) is 10.4. The van der Waals surface area contributed by atoms with Gasteiger partial charge in [-0.15, -0.1) is 11.3 Å². The number of nitro groups is 1. The Kier molecular flexibility index (Phi) is 4.53. The van der Waals surface area contributed by atoms with Gasteiger partial charge in [-0.2, -0.15) is 4.39 Å². The van der Waals surface area contributed by atoms with E-state index in [2.05, 4.69) is 10.3 Å². The second-order valence-electron chi connectivity index (χ2n) is 3.94. The van der Waals surface area contributed by atoms with Gasteiger partial charge in [0.15, 0.2) is 0 Å². The van der Waals surface area contributed by atoms with Crippen molar-refractivity contribution >= 4 is 22.9 Å². The highest BCUT2D eigenvalue weighted by molar-refractivity contribution is 7.09. The molecule has 0 aliphatic heterocycles. The van der Waals surface area contributed by atoms with Crippen LogP contribution in [-0.4, -0.2) is 22.4 Å². The van der Waals surface area contributed by atoms with Crippen LogP contribution in [0.15, 0.2) is 23.7 Å². The number of aromatic nitrogens is 1. The Morgan fingerprint density at radius 1 is 1.43 bits per heavy atom. The molecule has 0 unspecified atom stereocenters. The van der Waals surface area contributed by atoms with E-state index in [0.29, 0.717) is 18.6 Å². The van der Waals surface area contributed by atoms with E-state index in [4.69, 9.17) is 0 Å². The molecule has 1 aromatic heterocycles. The Morgan fingerprint density at radius 3 is 2.81 bits per heavy atom. The molecule has 0 atom stereocenters. The van der Waals surface area contributed by atoms with Crippen molar-refractivity contribution in [1.29, 1.82) is 0 Å². The summed E-state index contributed by atoms with van der Waals surface area (Å²) in [5.74, 6) is -3.66. The molecule has 2 aromatic rings. The molecular formula is C12H9F2N3O3S. The summed E-state index contributed by atoms with van der Waals surface area (Å²) in [6.45, 7) is 0.119. The van der Waals surface area contributed by atoms with Crippen LogP contribution < -0.4 is 5.32 Å². The lowest BCUT2D eigenvalue weighted by molar-refractivity contribution is -0.387. The van der Waals surface area contributed by atoms with Crippen LogP contribution >= 0.6 is 11.3 Å². The molecule has 0 saturated heterocycles. The molecule has 6 nitrogen and oxygen atoms in total. The maximum atomic E-state index is 13.8.